The number of piperidine rings is 1. The van der Waals surface area contributed by atoms with Crippen molar-refractivity contribution in [2.45, 2.75) is 23.0 Å². The van der Waals surface area contributed by atoms with Crippen LogP contribution in [0.15, 0.2) is 65.8 Å². The number of nitrogens with zero attached hydrogens (tertiary/aromatic N) is 2. The third-order valence-corrected chi connectivity index (χ3v) is 7.49. The lowest BCUT2D eigenvalue weighted by Crippen LogP contribution is -2.35. The van der Waals surface area contributed by atoms with E-state index in [0.717, 1.165) is 29.9 Å². The van der Waals surface area contributed by atoms with Crippen LogP contribution in [0.1, 0.15) is 24.0 Å². The van der Waals surface area contributed by atoms with Crippen LogP contribution in [0.25, 0.3) is 12.2 Å². The first kappa shape index (κ1) is 21.0. The maximum Gasteiger partial charge on any atom is 0.227 e. The van der Waals surface area contributed by atoms with Gasteiger partial charge in [-0.1, -0.05) is 24.3 Å². The zero-order chi connectivity index (χ0) is 21.7. The standard InChI is InChI=1S/C23H25N5O2S/c24-19-3-1-2-17(14-19)4-5-18-15-26-23(27-16-18)28-20-6-8-21(9-7-20)31(29,30)22-10-12-25-13-11-22/h1-9,14-16,22,25H,10-13,24H2,(H,26,27,28). The summed E-state index contributed by atoms with van der Waals surface area (Å²) < 4.78 is 25.6. The predicted octanol–water partition coefficient (Wildman–Crippen LogP) is 3.50. The van der Waals surface area contributed by atoms with E-state index in [1.165, 1.54) is 0 Å². The van der Waals surface area contributed by atoms with Crippen LogP contribution in [0.2, 0.25) is 0 Å². The quantitative estimate of drug-likeness (QED) is 0.508. The second kappa shape index (κ2) is 9.28. The lowest BCUT2D eigenvalue weighted by molar-refractivity contribution is 0.496. The summed E-state index contributed by atoms with van der Waals surface area (Å²) in [4.78, 5) is 9.00. The lowest BCUT2D eigenvalue weighted by Gasteiger charge is -2.22. The molecule has 0 unspecified atom stereocenters. The average Bonchev–Trinajstić information content (AvgIpc) is 2.80. The van der Waals surface area contributed by atoms with Gasteiger partial charge in [-0.05, 0) is 67.9 Å². The Bertz CT molecular complexity index is 1150. The summed E-state index contributed by atoms with van der Waals surface area (Å²) in [6, 6.07) is 14.4. The van der Waals surface area contributed by atoms with Gasteiger partial charge in [0.05, 0.1) is 10.1 Å². The zero-order valence-corrected chi connectivity index (χ0v) is 17.8. The van der Waals surface area contributed by atoms with Crippen molar-refractivity contribution >= 4 is 39.3 Å². The topological polar surface area (TPSA) is 110 Å². The van der Waals surface area contributed by atoms with Crippen LogP contribution in [0.4, 0.5) is 17.3 Å². The van der Waals surface area contributed by atoms with E-state index in [2.05, 4.69) is 20.6 Å². The van der Waals surface area contributed by atoms with Crippen molar-refractivity contribution in [3.05, 3.63) is 72.1 Å². The molecular formula is C23H25N5O2S. The van der Waals surface area contributed by atoms with E-state index in [-0.39, 0.29) is 5.25 Å². The molecule has 4 rings (SSSR count). The van der Waals surface area contributed by atoms with Crippen molar-refractivity contribution in [1.82, 2.24) is 15.3 Å². The number of hydrogen-bond acceptors (Lipinski definition) is 7. The molecule has 3 aromatic rings. The van der Waals surface area contributed by atoms with Crippen molar-refractivity contribution in [2.24, 2.45) is 0 Å². The Morgan fingerprint density at radius 3 is 2.32 bits per heavy atom. The van der Waals surface area contributed by atoms with Crippen LogP contribution in [-0.4, -0.2) is 36.7 Å². The molecule has 0 saturated carbocycles. The van der Waals surface area contributed by atoms with Gasteiger partial charge in [0.2, 0.25) is 5.95 Å². The Balaban J connectivity index is 1.40. The minimum atomic E-state index is -3.30. The summed E-state index contributed by atoms with van der Waals surface area (Å²) in [5.74, 6) is 0.440. The minimum absolute atomic E-state index is 0.316. The van der Waals surface area contributed by atoms with Crippen molar-refractivity contribution in [2.75, 3.05) is 24.1 Å². The zero-order valence-electron chi connectivity index (χ0n) is 17.0. The fourth-order valence-corrected chi connectivity index (χ4v) is 5.26. The highest BCUT2D eigenvalue weighted by molar-refractivity contribution is 7.92. The van der Waals surface area contributed by atoms with Gasteiger partial charge in [-0.15, -0.1) is 0 Å². The van der Waals surface area contributed by atoms with Gasteiger partial charge in [-0.2, -0.15) is 0 Å². The van der Waals surface area contributed by atoms with Crippen LogP contribution in [0.5, 0.6) is 0 Å². The third kappa shape index (κ3) is 5.28. The molecule has 0 atom stereocenters. The number of nitrogens with two attached hydrogens (primary N) is 1. The smallest absolute Gasteiger partial charge is 0.227 e. The number of sulfone groups is 1. The summed E-state index contributed by atoms with van der Waals surface area (Å²) in [6.45, 7) is 1.48. The molecule has 0 aliphatic carbocycles. The van der Waals surface area contributed by atoms with E-state index in [4.69, 9.17) is 5.73 Å². The van der Waals surface area contributed by atoms with E-state index in [0.29, 0.717) is 29.4 Å². The predicted molar refractivity (Wildman–Crippen MR) is 125 cm³/mol. The van der Waals surface area contributed by atoms with Gasteiger partial charge in [-0.25, -0.2) is 18.4 Å². The Morgan fingerprint density at radius 1 is 0.968 bits per heavy atom. The summed E-state index contributed by atoms with van der Waals surface area (Å²) in [7, 11) is -3.30. The second-order valence-corrected chi connectivity index (χ2v) is 9.72. The first-order chi connectivity index (χ1) is 15.0. The fourth-order valence-electron chi connectivity index (χ4n) is 3.50. The maximum absolute atomic E-state index is 12.8. The number of rotatable bonds is 6. The van der Waals surface area contributed by atoms with Gasteiger partial charge < -0.3 is 16.4 Å². The highest BCUT2D eigenvalue weighted by Gasteiger charge is 2.28. The molecule has 160 valence electrons. The molecule has 0 amide bonds. The molecule has 0 bridgehead atoms. The molecule has 1 fully saturated rings. The van der Waals surface area contributed by atoms with Gasteiger partial charge in [0.15, 0.2) is 9.84 Å². The summed E-state index contributed by atoms with van der Waals surface area (Å²) in [5.41, 5.74) is 9.09. The highest BCUT2D eigenvalue weighted by Crippen LogP contribution is 2.24. The number of nitrogens with one attached hydrogen (secondary N) is 2. The number of hydrogen-bond donors (Lipinski definition) is 3. The molecule has 0 spiro atoms. The van der Waals surface area contributed by atoms with Crippen LogP contribution >= 0.6 is 0 Å². The molecule has 1 aromatic heterocycles. The molecule has 8 heteroatoms. The molecule has 1 aliphatic rings. The van der Waals surface area contributed by atoms with Gasteiger partial charge in [0.1, 0.15) is 0 Å². The van der Waals surface area contributed by atoms with Crippen molar-refractivity contribution in [3.63, 3.8) is 0 Å². The molecule has 4 N–H and O–H groups in total. The van der Waals surface area contributed by atoms with E-state index < -0.39 is 9.84 Å². The Morgan fingerprint density at radius 2 is 1.65 bits per heavy atom. The van der Waals surface area contributed by atoms with Crippen LogP contribution in [0, 0.1) is 0 Å². The molecule has 2 aromatic carbocycles. The Labute approximate surface area is 182 Å². The summed E-state index contributed by atoms with van der Waals surface area (Å²) >= 11 is 0. The molecule has 0 radical (unpaired) electrons. The van der Waals surface area contributed by atoms with Gasteiger partial charge in [0.25, 0.3) is 0 Å². The van der Waals surface area contributed by atoms with Crippen molar-refractivity contribution in [1.29, 1.82) is 0 Å². The number of nitrogen functional groups attached to an aromatic ring is 1. The van der Waals surface area contributed by atoms with Gasteiger partial charge >= 0.3 is 0 Å². The van der Waals surface area contributed by atoms with Gasteiger partial charge in [-0.3, -0.25) is 0 Å². The van der Waals surface area contributed by atoms with Crippen LogP contribution < -0.4 is 16.4 Å². The molecule has 1 aliphatic heterocycles. The van der Waals surface area contributed by atoms with E-state index in [9.17, 15) is 8.42 Å². The average molecular weight is 436 g/mol. The molecule has 7 nitrogen and oxygen atoms in total. The van der Waals surface area contributed by atoms with E-state index in [1.807, 2.05) is 36.4 Å². The third-order valence-electron chi connectivity index (χ3n) is 5.21. The SMILES string of the molecule is Nc1cccc(C=Cc2cnc(Nc3ccc(S(=O)(=O)C4CCNCC4)cc3)nc2)c1. The van der Waals surface area contributed by atoms with Crippen LogP contribution in [0.3, 0.4) is 0 Å². The number of anilines is 3. The molecule has 31 heavy (non-hydrogen) atoms. The largest absolute Gasteiger partial charge is 0.399 e. The molecule has 2 heterocycles. The van der Waals surface area contributed by atoms with Crippen molar-refractivity contribution < 1.29 is 8.42 Å². The Hall–Kier alpha value is -3.23. The van der Waals surface area contributed by atoms with E-state index >= 15 is 0 Å². The minimum Gasteiger partial charge on any atom is -0.399 e. The van der Waals surface area contributed by atoms with Gasteiger partial charge in [0, 0.05) is 29.3 Å². The van der Waals surface area contributed by atoms with E-state index in [1.54, 1.807) is 36.7 Å². The summed E-state index contributed by atoms with van der Waals surface area (Å²) in [6.07, 6.45) is 8.59. The highest BCUT2D eigenvalue weighted by atomic mass is 32.2. The number of benzene rings is 2. The molecule has 1 saturated heterocycles. The molecular weight excluding hydrogens is 410 g/mol. The first-order valence-corrected chi connectivity index (χ1v) is 11.7. The van der Waals surface area contributed by atoms with Crippen molar-refractivity contribution in [3.8, 4) is 0 Å². The summed E-state index contributed by atoms with van der Waals surface area (Å²) in [5, 5.41) is 5.99. The normalized spacial score (nSPS) is 15.2. The van der Waals surface area contributed by atoms with Crippen LogP contribution in [-0.2, 0) is 9.84 Å². The number of aromatic nitrogens is 2. The maximum atomic E-state index is 12.8. The Kier molecular flexibility index (Phi) is 6.29. The second-order valence-electron chi connectivity index (χ2n) is 7.49. The monoisotopic (exact) mass is 435 g/mol. The first-order valence-electron chi connectivity index (χ1n) is 10.2. The lowest BCUT2D eigenvalue weighted by atomic mass is 10.1. The fraction of sp³-hybridized carbons (Fsp3) is 0.217.